The number of piperidine rings is 1. The van der Waals surface area contributed by atoms with Gasteiger partial charge in [-0.15, -0.1) is 0 Å². The van der Waals surface area contributed by atoms with E-state index >= 15 is 0 Å². The molecule has 0 spiro atoms. The van der Waals surface area contributed by atoms with Gasteiger partial charge in [0.15, 0.2) is 5.79 Å². The zero-order valence-electron chi connectivity index (χ0n) is 7.55. The highest BCUT2D eigenvalue weighted by atomic mass is 19.1. The van der Waals surface area contributed by atoms with Crippen LogP contribution in [0.5, 0.6) is 0 Å². The van der Waals surface area contributed by atoms with E-state index in [1.165, 1.54) is 0 Å². The molecule has 1 saturated carbocycles. The van der Waals surface area contributed by atoms with E-state index in [9.17, 15) is 8.78 Å². The summed E-state index contributed by atoms with van der Waals surface area (Å²) in [5, 5.41) is 9.08. The van der Waals surface area contributed by atoms with Crippen molar-refractivity contribution in [1.29, 1.82) is 0 Å². The molecule has 1 N–H and O–H groups in total. The highest BCUT2D eigenvalue weighted by Gasteiger charge is 2.51. The number of hydrogen-bond donors (Lipinski definition) is 1. The van der Waals surface area contributed by atoms with Crippen LogP contribution in [-0.4, -0.2) is 41.7 Å². The summed E-state index contributed by atoms with van der Waals surface area (Å²) >= 11 is 0. The highest BCUT2D eigenvalue weighted by Crippen LogP contribution is 2.47. The fraction of sp³-hybridized carbons (Fsp3) is 1.00. The standard InChI is InChI=1S/C9H15F2NO/c10-4-8(13)6-12-5-7-1-2-9(12,11)3-7/h7-8,13H,1-6H2. The van der Waals surface area contributed by atoms with Crippen molar-refractivity contribution < 1.29 is 13.9 Å². The second-order valence-electron chi connectivity index (χ2n) is 4.24. The minimum absolute atomic E-state index is 0.142. The largest absolute Gasteiger partial charge is 0.389 e. The van der Waals surface area contributed by atoms with Crippen LogP contribution in [0.4, 0.5) is 8.78 Å². The molecule has 2 bridgehead atoms. The highest BCUT2D eigenvalue weighted by molar-refractivity contribution is 4.98. The topological polar surface area (TPSA) is 23.5 Å². The SMILES string of the molecule is OC(CF)CN1CC2CCC1(F)C2. The van der Waals surface area contributed by atoms with E-state index in [1.54, 1.807) is 4.90 Å². The number of aliphatic hydroxyl groups excluding tert-OH is 1. The number of β-amino-alcohol motifs (C(OH)–C–C–N with tert-alkyl or cyclic N) is 1. The number of alkyl halides is 2. The van der Waals surface area contributed by atoms with Gasteiger partial charge in [0, 0.05) is 13.1 Å². The molecule has 13 heavy (non-hydrogen) atoms. The average Bonchev–Trinajstić information content (AvgIpc) is 2.59. The Hall–Kier alpha value is -0.220. The van der Waals surface area contributed by atoms with E-state index in [0.29, 0.717) is 25.3 Å². The molecule has 76 valence electrons. The van der Waals surface area contributed by atoms with Crippen molar-refractivity contribution in [1.82, 2.24) is 4.90 Å². The monoisotopic (exact) mass is 191 g/mol. The fourth-order valence-electron chi connectivity index (χ4n) is 2.53. The van der Waals surface area contributed by atoms with E-state index in [0.717, 1.165) is 6.42 Å². The van der Waals surface area contributed by atoms with Gasteiger partial charge in [-0.1, -0.05) is 0 Å². The van der Waals surface area contributed by atoms with E-state index in [-0.39, 0.29) is 6.54 Å². The average molecular weight is 191 g/mol. The lowest BCUT2D eigenvalue weighted by Gasteiger charge is -2.32. The zero-order valence-corrected chi connectivity index (χ0v) is 7.55. The Bertz CT molecular complexity index is 202. The lowest BCUT2D eigenvalue weighted by atomic mass is 10.1. The van der Waals surface area contributed by atoms with Crippen LogP contribution in [0.25, 0.3) is 0 Å². The molecule has 4 heteroatoms. The van der Waals surface area contributed by atoms with Gasteiger partial charge >= 0.3 is 0 Å². The van der Waals surface area contributed by atoms with Crippen LogP contribution in [-0.2, 0) is 0 Å². The lowest BCUT2D eigenvalue weighted by Crippen LogP contribution is -2.45. The Morgan fingerprint density at radius 3 is 2.85 bits per heavy atom. The fourth-order valence-corrected chi connectivity index (χ4v) is 2.53. The van der Waals surface area contributed by atoms with Crippen molar-refractivity contribution in [2.75, 3.05) is 19.8 Å². The molecule has 0 aromatic heterocycles. The molecule has 1 aliphatic carbocycles. The Balaban J connectivity index is 1.94. The normalized spacial score (nSPS) is 41.3. The first-order valence-corrected chi connectivity index (χ1v) is 4.82. The number of fused-ring (bicyclic) bond motifs is 2. The van der Waals surface area contributed by atoms with Crippen LogP contribution in [0.3, 0.4) is 0 Å². The molecular formula is C9H15F2NO. The van der Waals surface area contributed by atoms with Gasteiger partial charge in [-0.25, -0.2) is 8.78 Å². The number of aliphatic hydroxyl groups is 1. The minimum Gasteiger partial charge on any atom is -0.389 e. The maximum atomic E-state index is 13.9. The van der Waals surface area contributed by atoms with E-state index < -0.39 is 18.6 Å². The Morgan fingerprint density at radius 1 is 1.62 bits per heavy atom. The number of halogens is 2. The summed E-state index contributed by atoms with van der Waals surface area (Å²) in [4.78, 5) is 1.60. The number of nitrogens with zero attached hydrogens (tertiary/aromatic N) is 1. The van der Waals surface area contributed by atoms with Crippen molar-refractivity contribution in [3.63, 3.8) is 0 Å². The van der Waals surface area contributed by atoms with Gasteiger partial charge in [0.2, 0.25) is 0 Å². The van der Waals surface area contributed by atoms with Gasteiger partial charge in [0.25, 0.3) is 0 Å². The third-order valence-electron chi connectivity index (χ3n) is 3.19. The van der Waals surface area contributed by atoms with Crippen LogP contribution in [0.2, 0.25) is 0 Å². The molecule has 2 nitrogen and oxygen atoms in total. The predicted octanol–water partition coefficient (Wildman–Crippen LogP) is 1.10. The number of rotatable bonds is 3. The smallest absolute Gasteiger partial charge is 0.164 e. The van der Waals surface area contributed by atoms with Gasteiger partial charge in [-0.3, -0.25) is 4.90 Å². The van der Waals surface area contributed by atoms with Crippen LogP contribution in [0.1, 0.15) is 19.3 Å². The molecule has 0 aromatic rings. The Kier molecular flexibility index (Phi) is 2.28. The lowest BCUT2D eigenvalue weighted by molar-refractivity contribution is -0.0368. The summed E-state index contributed by atoms with van der Waals surface area (Å²) in [6.45, 7) is 0.0499. The molecule has 1 aliphatic heterocycles. The van der Waals surface area contributed by atoms with Crippen molar-refractivity contribution >= 4 is 0 Å². The quantitative estimate of drug-likeness (QED) is 0.675. The van der Waals surface area contributed by atoms with Gasteiger partial charge in [0.05, 0.1) is 6.10 Å². The van der Waals surface area contributed by atoms with Crippen molar-refractivity contribution in [2.45, 2.75) is 31.2 Å². The summed E-state index contributed by atoms with van der Waals surface area (Å²) in [7, 11) is 0. The maximum absolute atomic E-state index is 13.9. The summed E-state index contributed by atoms with van der Waals surface area (Å²) < 4.78 is 25.9. The molecule has 0 aromatic carbocycles. The molecule has 0 amide bonds. The molecule has 2 fully saturated rings. The summed E-state index contributed by atoms with van der Waals surface area (Å²) in [5.74, 6) is -0.808. The number of likely N-dealkylation sites (tertiary alicyclic amines) is 1. The minimum atomic E-state index is -1.24. The Morgan fingerprint density at radius 2 is 2.38 bits per heavy atom. The zero-order chi connectivity index (χ0) is 9.47. The Labute approximate surface area is 76.5 Å². The summed E-state index contributed by atoms with van der Waals surface area (Å²) in [5.41, 5.74) is 0. The molecule has 2 aliphatic rings. The second-order valence-corrected chi connectivity index (χ2v) is 4.24. The maximum Gasteiger partial charge on any atom is 0.164 e. The van der Waals surface area contributed by atoms with Crippen LogP contribution in [0, 0.1) is 5.92 Å². The summed E-state index contributed by atoms with van der Waals surface area (Å²) in [6, 6.07) is 0. The molecule has 0 radical (unpaired) electrons. The van der Waals surface area contributed by atoms with E-state index in [4.69, 9.17) is 5.11 Å². The van der Waals surface area contributed by atoms with Crippen LogP contribution >= 0.6 is 0 Å². The van der Waals surface area contributed by atoms with Crippen molar-refractivity contribution in [3.8, 4) is 0 Å². The summed E-state index contributed by atoms with van der Waals surface area (Å²) in [6.07, 6.45) is 1.05. The van der Waals surface area contributed by atoms with Crippen molar-refractivity contribution in [2.24, 2.45) is 5.92 Å². The molecule has 2 rings (SSSR count). The molecular weight excluding hydrogens is 176 g/mol. The predicted molar refractivity (Wildman–Crippen MR) is 44.7 cm³/mol. The molecule has 1 saturated heterocycles. The van der Waals surface area contributed by atoms with Gasteiger partial charge in [-0.2, -0.15) is 0 Å². The number of hydrogen-bond acceptors (Lipinski definition) is 2. The first-order valence-electron chi connectivity index (χ1n) is 4.82. The van der Waals surface area contributed by atoms with Gasteiger partial charge in [-0.05, 0) is 25.2 Å². The second kappa shape index (κ2) is 3.17. The van der Waals surface area contributed by atoms with E-state index in [1.807, 2.05) is 0 Å². The van der Waals surface area contributed by atoms with Crippen LogP contribution < -0.4 is 0 Å². The third-order valence-corrected chi connectivity index (χ3v) is 3.19. The first-order chi connectivity index (χ1) is 6.14. The molecule has 3 atom stereocenters. The first kappa shape index (κ1) is 9.34. The molecule has 3 unspecified atom stereocenters. The van der Waals surface area contributed by atoms with Gasteiger partial charge < -0.3 is 5.11 Å². The van der Waals surface area contributed by atoms with Crippen LogP contribution in [0.15, 0.2) is 0 Å². The van der Waals surface area contributed by atoms with E-state index in [2.05, 4.69) is 0 Å². The third kappa shape index (κ3) is 1.57. The van der Waals surface area contributed by atoms with Crippen molar-refractivity contribution in [3.05, 3.63) is 0 Å². The molecule has 1 heterocycles. The van der Waals surface area contributed by atoms with Gasteiger partial charge in [0.1, 0.15) is 6.67 Å².